The van der Waals surface area contributed by atoms with Gasteiger partial charge in [0, 0.05) is 12.0 Å². The summed E-state index contributed by atoms with van der Waals surface area (Å²) in [6, 6.07) is 14.9. The Hall–Kier alpha value is -2.16. The summed E-state index contributed by atoms with van der Waals surface area (Å²) in [4.78, 5) is 11.2. The number of carbonyl (C=O) groups excluding carboxylic acids is 1. The van der Waals surface area contributed by atoms with E-state index in [9.17, 15) is 9.18 Å². The predicted octanol–water partition coefficient (Wildman–Crippen LogP) is 4.77. The van der Waals surface area contributed by atoms with Crippen molar-refractivity contribution in [2.75, 3.05) is 6.61 Å². The summed E-state index contributed by atoms with van der Waals surface area (Å²) in [5.41, 5.74) is 2.46. The third-order valence-corrected chi connectivity index (χ3v) is 3.52. The predicted molar refractivity (Wildman–Crippen MR) is 86.0 cm³/mol. The van der Waals surface area contributed by atoms with Crippen LogP contribution in [0.2, 0.25) is 0 Å². The third kappa shape index (κ3) is 4.69. The Morgan fingerprint density at radius 1 is 1.09 bits per heavy atom. The molecule has 0 saturated carbocycles. The molecule has 0 unspecified atom stereocenters. The molecule has 0 aliphatic carbocycles. The molecule has 22 heavy (non-hydrogen) atoms. The molecule has 0 N–H and O–H groups in total. The number of ether oxygens (including phenoxy) is 1. The highest BCUT2D eigenvalue weighted by Gasteiger charge is 2.06. The van der Waals surface area contributed by atoms with Gasteiger partial charge in [-0.2, -0.15) is 0 Å². The van der Waals surface area contributed by atoms with Gasteiger partial charge in [-0.15, -0.1) is 0 Å². The lowest BCUT2D eigenvalue weighted by Crippen LogP contribution is -2.03. The first kappa shape index (κ1) is 16.2. The number of rotatable bonds is 7. The second kappa shape index (κ2) is 8.32. The van der Waals surface area contributed by atoms with Gasteiger partial charge >= 0.3 is 5.97 Å². The molecule has 0 aliphatic heterocycles. The zero-order valence-electron chi connectivity index (χ0n) is 12.8. The second-order valence-corrected chi connectivity index (χ2v) is 5.19. The maximum Gasteiger partial charge on any atom is 0.305 e. The average molecular weight is 300 g/mol. The van der Waals surface area contributed by atoms with Crippen LogP contribution in [-0.2, 0) is 16.0 Å². The molecule has 0 radical (unpaired) electrons. The van der Waals surface area contributed by atoms with Crippen molar-refractivity contribution in [3.8, 4) is 11.1 Å². The molecule has 2 aromatic rings. The van der Waals surface area contributed by atoms with Crippen molar-refractivity contribution < 1.29 is 13.9 Å². The summed E-state index contributed by atoms with van der Waals surface area (Å²) >= 11 is 0. The zero-order chi connectivity index (χ0) is 15.8. The highest BCUT2D eigenvalue weighted by Crippen LogP contribution is 2.24. The van der Waals surface area contributed by atoms with Gasteiger partial charge in [0.15, 0.2) is 0 Å². The monoisotopic (exact) mass is 300 g/mol. The van der Waals surface area contributed by atoms with Gasteiger partial charge in [-0.05, 0) is 43.4 Å². The number of halogens is 1. The summed E-state index contributed by atoms with van der Waals surface area (Å²) in [7, 11) is 0. The molecule has 0 atom stereocenters. The number of hydrogen-bond acceptors (Lipinski definition) is 2. The summed E-state index contributed by atoms with van der Waals surface area (Å²) < 4.78 is 19.1. The molecular formula is C19H21FO2. The van der Waals surface area contributed by atoms with Gasteiger partial charge in [-0.1, -0.05) is 42.5 Å². The highest BCUT2D eigenvalue weighted by molar-refractivity contribution is 5.69. The SMILES string of the molecule is CCOC(=O)CCCCc1ccc(-c2ccccc2)c(F)c1. The number of esters is 1. The van der Waals surface area contributed by atoms with E-state index >= 15 is 0 Å². The lowest BCUT2D eigenvalue weighted by molar-refractivity contribution is -0.143. The van der Waals surface area contributed by atoms with E-state index in [-0.39, 0.29) is 11.8 Å². The quantitative estimate of drug-likeness (QED) is 0.544. The van der Waals surface area contributed by atoms with Crippen molar-refractivity contribution in [1.82, 2.24) is 0 Å². The largest absolute Gasteiger partial charge is 0.466 e. The number of unbranched alkanes of at least 4 members (excludes halogenated alkanes) is 1. The number of benzene rings is 2. The van der Waals surface area contributed by atoms with Crippen molar-refractivity contribution in [2.45, 2.75) is 32.6 Å². The van der Waals surface area contributed by atoms with Crippen LogP contribution in [0.15, 0.2) is 48.5 Å². The number of aryl methyl sites for hydroxylation is 1. The first-order valence-corrected chi connectivity index (χ1v) is 7.70. The van der Waals surface area contributed by atoms with Crippen LogP contribution in [0.5, 0.6) is 0 Å². The molecule has 0 saturated heterocycles. The molecule has 0 spiro atoms. The van der Waals surface area contributed by atoms with E-state index in [0.29, 0.717) is 18.6 Å². The van der Waals surface area contributed by atoms with E-state index in [1.54, 1.807) is 13.0 Å². The fraction of sp³-hybridized carbons (Fsp3) is 0.316. The van der Waals surface area contributed by atoms with Gasteiger partial charge in [-0.3, -0.25) is 4.79 Å². The van der Waals surface area contributed by atoms with Gasteiger partial charge in [0.25, 0.3) is 0 Å². The van der Waals surface area contributed by atoms with Gasteiger partial charge < -0.3 is 4.74 Å². The topological polar surface area (TPSA) is 26.3 Å². The molecule has 0 heterocycles. The smallest absolute Gasteiger partial charge is 0.305 e. The minimum Gasteiger partial charge on any atom is -0.466 e. The Morgan fingerprint density at radius 2 is 1.86 bits per heavy atom. The molecule has 116 valence electrons. The van der Waals surface area contributed by atoms with Crippen LogP contribution in [-0.4, -0.2) is 12.6 Å². The second-order valence-electron chi connectivity index (χ2n) is 5.19. The molecule has 3 heteroatoms. The Labute approximate surface area is 130 Å². The summed E-state index contributed by atoms with van der Waals surface area (Å²) in [5, 5.41) is 0. The van der Waals surface area contributed by atoms with Crippen molar-refractivity contribution in [3.63, 3.8) is 0 Å². The molecule has 2 nitrogen and oxygen atoms in total. The van der Waals surface area contributed by atoms with E-state index < -0.39 is 0 Å². The van der Waals surface area contributed by atoms with Crippen LogP contribution in [0.25, 0.3) is 11.1 Å². The highest BCUT2D eigenvalue weighted by atomic mass is 19.1. The van der Waals surface area contributed by atoms with Gasteiger partial charge in [0.1, 0.15) is 5.82 Å². The van der Waals surface area contributed by atoms with Crippen LogP contribution < -0.4 is 0 Å². The lowest BCUT2D eigenvalue weighted by atomic mass is 10.0. The van der Waals surface area contributed by atoms with Crippen LogP contribution in [0.4, 0.5) is 4.39 Å². The van der Waals surface area contributed by atoms with E-state index in [1.807, 2.05) is 42.5 Å². The van der Waals surface area contributed by atoms with Crippen LogP contribution in [0.1, 0.15) is 31.7 Å². The Morgan fingerprint density at radius 3 is 2.55 bits per heavy atom. The Balaban J connectivity index is 1.89. The molecule has 0 aromatic heterocycles. The third-order valence-electron chi connectivity index (χ3n) is 3.52. The molecule has 2 rings (SSSR count). The average Bonchev–Trinajstić information content (AvgIpc) is 2.53. The van der Waals surface area contributed by atoms with E-state index in [2.05, 4.69) is 0 Å². The maximum absolute atomic E-state index is 14.2. The van der Waals surface area contributed by atoms with Crippen molar-refractivity contribution >= 4 is 5.97 Å². The van der Waals surface area contributed by atoms with E-state index in [1.165, 1.54) is 0 Å². The van der Waals surface area contributed by atoms with Crippen LogP contribution in [0, 0.1) is 5.82 Å². The fourth-order valence-electron chi connectivity index (χ4n) is 2.40. The molecule has 0 amide bonds. The number of hydrogen-bond donors (Lipinski definition) is 0. The van der Waals surface area contributed by atoms with Crippen molar-refractivity contribution in [3.05, 3.63) is 59.9 Å². The van der Waals surface area contributed by atoms with Crippen LogP contribution >= 0.6 is 0 Å². The first-order chi connectivity index (χ1) is 10.7. The zero-order valence-corrected chi connectivity index (χ0v) is 12.8. The van der Waals surface area contributed by atoms with Gasteiger partial charge in [-0.25, -0.2) is 4.39 Å². The molecule has 0 fully saturated rings. The summed E-state index contributed by atoms with van der Waals surface area (Å²) in [6.07, 6.45) is 2.81. The van der Waals surface area contributed by atoms with Crippen molar-refractivity contribution in [2.24, 2.45) is 0 Å². The van der Waals surface area contributed by atoms with Gasteiger partial charge in [0.2, 0.25) is 0 Å². The normalized spacial score (nSPS) is 10.5. The molecular weight excluding hydrogens is 279 g/mol. The standard InChI is InChI=1S/C19H21FO2/c1-2-22-19(21)11-7-6-8-15-12-13-17(18(20)14-15)16-9-4-3-5-10-16/h3-5,9-10,12-14H,2,6-8,11H2,1H3. The summed E-state index contributed by atoms with van der Waals surface area (Å²) in [6.45, 7) is 2.22. The summed E-state index contributed by atoms with van der Waals surface area (Å²) in [5.74, 6) is -0.359. The Kier molecular flexibility index (Phi) is 6.13. The minimum absolute atomic E-state index is 0.159. The first-order valence-electron chi connectivity index (χ1n) is 7.70. The molecule has 0 bridgehead atoms. The van der Waals surface area contributed by atoms with Crippen LogP contribution in [0.3, 0.4) is 0 Å². The maximum atomic E-state index is 14.2. The van der Waals surface area contributed by atoms with E-state index in [4.69, 9.17) is 4.74 Å². The Bertz CT molecular complexity index is 608. The minimum atomic E-state index is -0.200. The number of carbonyl (C=O) groups is 1. The van der Waals surface area contributed by atoms with Gasteiger partial charge in [0.05, 0.1) is 6.61 Å². The molecule has 0 aliphatic rings. The fourth-order valence-corrected chi connectivity index (χ4v) is 2.40. The van der Waals surface area contributed by atoms with E-state index in [0.717, 1.165) is 30.4 Å². The van der Waals surface area contributed by atoms with Crippen molar-refractivity contribution in [1.29, 1.82) is 0 Å². The lowest BCUT2D eigenvalue weighted by Gasteiger charge is -2.07. The molecule has 2 aromatic carbocycles.